The summed E-state index contributed by atoms with van der Waals surface area (Å²) < 4.78 is 2.14. The molecule has 5 nitrogen and oxygen atoms in total. The maximum absolute atomic E-state index is 12.5. The lowest BCUT2D eigenvalue weighted by molar-refractivity contribution is -0.119. The van der Waals surface area contributed by atoms with Crippen molar-refractivity contribution in [2.24, 2.45) is 7.05 Å². The maximum atomic E-state index is 12.5. The molecule has 0 radical (unpaired) electrons. The lowest BCUT2D eigenvalue weighted by atomic mass is 10.00. The largest absolute Gasteiger partial charge is 0.349 e. The zero-order chi connectivity index (χ0) is 19.7. The number of nitrogens with one attached hydrogen (secondary N) is 1. The quantitative estimate of drug-likeness (QED) is 0.398. The summed E-state index contributed by atoms with van der Waals surface area (Å²) in [7, 11) is 1.69. The van der Waals surface area contributed by atoms with E-state index in [4.69, 9.17) is 0 Å². The van der Waals surface area contributed by atoms with Crippen molar-refractivity contribution in [2.45, 2.75) is 18.1 Å². The molecule has 0 spiro atoms. The number of aromatic nitrogens is 2. The highest BCUT2D eigenvalue weighted by Gasteiger charge is 2.15. The van der Waals surface area contributed by atoms with Gasteiger partial charge in [0.05, 0.1) is 17.3 Å². The summed E-state index contributed by atoms with van der Waals surface area (Å²) >= 11 is 2.66. The summed E-state index contributed by atoms with van der Waals surface area (Å²) in [6, 6.07) is 16.0. The number of rotatable bonds is 5. The Morgan fingerprint density at radius 3 is 2.86 bits per heavy atom. The number of hydrogen-bond acceptors (Lipinski definition) is 5. The molecular formula is C21H19N3O2S2. The van der Waals surface area contributed by atoms with Crippen LogP contribution < -0.4 is 10.9 Å². The second kappa shape index (κ2) is 7.77. The summed E-state index contributed by atoms with van der Waals surface area (Å²) in [5.74, 6) is 0.107. The van der Waals surface area contributed by atoms with Gasteiger partial charge in [-0.15, -0.1) is 11.3 Å². The van der Waals surface area contributed by atoms with Crippen LogP contribution in [0, 0.1) is 0 Å². The average molecular weight is 410 g/mol. The zero-order valence-corrected chi connectivity index (χ0v) is 17.1. The predicted molar refractivity (Wildman–Crippen MR) is 116 cm³/mol. The number of thiophene rings is 1. The van der Waals surface area contributed by atoms with E-state index in [2.05, 4.69) is 28.5 Å². The van der Waals surface area contributed by atoms with Gasteiger partial charge in [-0.2, -0.15) is 0 Å². The van der Waals surface area contributed by atoms with Gasteiger partial charge in [0.15, 0.2) is 5.16 Å². The smallest absolute Gasteiger partial charge is 0.271 e. The minimum Gasteiger partial charge on any atom is -0.349 e. The number of carbonyl (C=O) groups excluding carboxylic acids is 1. The first-order valence-electron chi connectivity index (χ1n) is 8.88. The summed E-state index contributed by atoms with van der Waals surface area (Å²) in [4.78, 5) is 29.4. The molecule has 4 aromatic rings. The number of carbonyl (C=O) groups is 1. The number of nitrogens with zero attached hydrogens (tertiary/aromatic N) is 2. The number of fused-ring (bicyclic) bond motifs is 2. The highest BCUT2D eigenvalue weighted by Crippen LogP contribution is 2.24. The predicted octanol–water partition coefficient (Wildman–Crippen LogP) is 4.12. The topological polar surface area (TPSA) is 64.0 Å². The first-order chi connectivity index (χ1) is 13.5. The first-order valence-corrected chi connectivity index (χ1v) is 10.7. The van der Waals surface area contributed by atoms with E-state index < -0.39 is 0 Å². The monoisotopic (exact) mass is 409 g/mol. The normalized spacial score (nSPS) is 12.4. The van der Waals surface area contributed by atoms with Gasteiger partial charge in [0.1, 0.15) is 4.70 Å². The Balaban J connectivity index is 1.47. The van der Waals surface area contributed by atoms with Crippen LogP contribution in [0.3, 0.4) is 0 Å². The van der Waals surface area contributed by atoms with E-state index in [-0.39, 0.29) is 23.3 Å². The number of hydrogen-bond donors (Lipinski definition) is 1. The fourth-order valence-corrected chi connectivity index (χ4v) is 4.80. The van der Waals surface area contributed by atoms with Crippen LogP contribution in [0.25, 0.3) is 21.0 Å². The SMILES string of the molecule is CC(NC(=O)CSc1nc2ccsc2c(=O)n1C)c1cccc2ccccc12. The van der Waals surface area contributed by atoms with Crippen molar-refractivity contribution in [1.82, 2.24) is 14.9 Å². The molecule has 142 valence electrons. The van der Waals surface area contributed by atoms with Crippen LogP contribution >= 0.6 is 23.1 Å². The van der Waals surface area contributed by atoms with E-state index in [1.165, 1.54) is 27.7 Å². The lowest BCUT2D eigenvalue weighted by Gasteiger charge is -2.16. The van der Waals surface area contributed by atoms with Crippen molar-refractivity contribution < 1.29 is 4.79 Å². The molecule has 0 bridgehead atoms. The van der Waals surface area contributed by atoms with Gasteiger partial charge >= 0.3 is 0 Å². The van der Waals surface area contributed by atoms with Crippen LogP contribution in [0.5, 0.6) is 0 Å². The van der Waals surface area contributed by atoms with Crippen molar-refractivity contribution in [3.63, 3.8) is 0 Å². The third-order valence-electron chi connectivity index (χ3n) is 4.65. The molecule has 2 aromatic carbocycles. The summed E-state index contributed by atoms with van der Waals surface area (Å²) in [6.45, 7) is 1.98. The molecule has 0 fully saturated rings. The molecule has 0 aliphatic rings. The van der Waals surface area contributed by atoms with Crippen LogP contribution in [0.1, 0.15) is 18.5 Å². The Hall–Kier alpha value is -2.64. The summed E-state index contributed by atoms with van der Waals surface area (Å²) in [5, 5.41) is 7.74. The van der Waals surface area contributed by atoms with Crippen LogP contribution in [0.2, 0.25) is 0 Å². The molecule has 2 heterocycles. The number of benzene rings is 2. The lowest BCUT2D eigenvalue weighted by Crippen LogP contribution is -2.29. The average Bonchev–Trinajstić information content (AvgIpc) is 3.18. The Labute approximate surface area is 170 Å². The van der Waals surface area contributed by atoms with E-state index in [9.17, 15) is 9.59 Å². The van der Waals surface area contributed by atoms with Crippen LogP contribution in [-0.2, 0) is 11.8 Å². The van der Waals surface area contributed by atoms with Gasteiger partial charge in [-0.1, -0.05) is 54.2 Å². The molecule has 2 aromatic heterocycles. The Bertz CT molecular complexity index is 1220. The van der Waals surface area contributed by atoms with Crippen LogP contribution in [0.15, 0.2) is 63.9 Å². The molecule has 4 rings (SSSR count). The molecule has 28 heavy (non-hydrogen) atoms. The highest BCUT2D eigenvalue weighted by molar-refractivity contribution is 7.99. The zero-order valence-electron chi connectivity index (χ0n) is 15.5. The first kappa shape index (κ1) is 18.7. The fraction of sp³-hybridized carbons (Fsp3) is 0.190. The summed E-state index contributed by atoms with van der Waals surface area (Å²) in [6.07, 6.45) is 0. The molecule has 7 heteroatoms. The molecule has 0 saturated heterocycles. The van der Waals surface area contributed by atoms with E-state index in [1.807, 2.05) is 42.6 Å². The number of amides is 1. The molecule has 0 saturated carbocycles. The van der Waals surface area contributed by atoms with Crippen molar-refractivity contribution in [2.75, 3.05) is 5.75 Å². The minimum atomic E-state index is -0.115. The highest BCUT2D eigenvalue weighted by atomic mass is 32.2. The van der Waals surface area contributed by atoms with Gasteiger partial charge in [-0.3, -0.25) is 14.2 Å². The van der Waals surface area contributed by atoms with E-state index in [0.29, 0.717) is 15.4 Å². The Morgan fingerprint density at radius 2 is 2.00 bits per heavy atom. The van der Waals surface area contributed by atoms with Gasteiger partial charge in [0.25, 0.3) is 5.56 Å². The molecular weight excluding hydrogens is 390 g/mol. The fourth-order valence-electron chi connectivity index (χ4n) is 3.22. The molecule has 1 unspecified atom stereocenters. The summed E-state index contributed by atoms with van der Waals surface area (Å²) in [5.41, 5.74) is 1.69. The standard InChI is InChI=1S/C21H19N3O2S2/c1-13(15-9-5-7-14-6-3-4-8-16(14)15)22-18(25)12-28-21-23-17-10-11-27-19(17)20(26)24(21)2/h3-11,13H,12H2,1-2H3,(H,22,25). The maximum Gasteiger partial charge on any atom is 0.271 e. The van der Waals surface area contributed by atoms with Crippen molar-refractivity contribution in [3.05, 3.63) is 69.8 Å². The molecule has 1 amide bonds. The third kappa shape index (κ3) is 3.55. The third-order valence-corrected chi connectivity index (χ3v) is 6.57. The van der Waals surface area contributed by atoms with Crippen molar-refractivity contribution >= 4 is 50.0 Å². The van der Waals surface area contributed by atoms with E-state index in [0.717, 1.165) is 16.3 Å². The van der Waals surface area contributed by atoms with Crippen LogP contribution in [0.4, 0.5) is 0 Å². The van der Waals surface area contributed by atoms with Gasteiger partial charge in [0.2, 0.25) is 5.91 Å². The van der Waals surface area contributed by atoms with Gasteiger partial charge in [0, 0.05) is 7.05 Å². The molecule has 0 aliphatic carbocycles. The van der Waals surface area contributed by atoms with E-state index >= 15 is 0 Å². The second-order valence-electron chi connectivity index (χ2n) is 6.54. The van der Waals surface area contributed by atoms with Gasteiger partial charge < -0.3 is 5.32 Å². The van der Waals surface area contributed by atoms with Gasteiger partial charge in [-0.05, 0) is 34.7 Å². The second-order valence-corrected chi connectivity index (χ2v) is 8.40. The van der Waals surface area contributed by atoms with Crippen molar-refractivity contribution in [3.8, 4) is 0 Å². The van der Waals surface area contributed by atoms with Gasteiger partial charge in [-0.25, -0.2) is 4.98 Å². The Morgan fingerprint density at radius 1 is 1.21 bits per heavy atom. The van der Waals surface area contributed by atoms with Crippen molar-refractivity contribution in [1.29, 1.82) is 0 Å². The minimum absolute atomic E-state index is 0.0768. The molecule has 0 aliphatic heterocycles. The molecule has 1 atom stereocenters. The van der Waals surface area contributed by atoms with Crippen LogP contribution in [-0.4, -0.2) is 21.2 Å². The molecule has 1 N–H and O–H groups in total. The number of thioether (sulfide) groups is 1. The van der Waals surface area contributed by atoms with E-state index in [1.54, 1.807) is 7.05 Å². The Kier molecular flexibility index (Phi) is 5.19.